The van der Waals surface area contributed by atoms with Gasteiger partial charge < -0.3 is 64.2 Å². The van der Waals surface area contributed by atoms with E-state index < -0.39 is 86.7 Å². The Hall–Kier alpha value is -3.09. The number of carbonyl (C=O) groups is 1. The molecule has 0 aromatic rings. The zero-order chi connectivity index (χ0) is 53.7. The molecule has 2 rings (SSSR count). The SMILES string of the molecule is CC/C=C\C/C=C\C/C=C\C/C=C\C/C=C\C/C=C\C/C=C\CCCC(=O)OC(COCCCCCCCC/C=C\CCCCCCCCC)COC1OC(COC2OC(CO)C(O)C(O)C2O)C(O)C(O)C1O. The number of hydrogen-bond acceptors (Lipinski definition) is 14. The van der Waals surface area contributed by atoms with E-state index in [2.05, 4.69) is 105 Å². The monoisotopic (exact) mass is 1040 g/mol. The van der Waals surface area contributed by atoms with Crippen molar-refractivity contribution in [1.29, 1.82) is 0 Å². The van der Waals surface area contributed by atoms with E-state index in [-0.39, 0.29) is 19.6 Å². The van der Waals surface area contributed by atoms with Gasteiger partial charge in [0, 0.05) is 13.0 Å². The van der Waals surface area contributed by atoms with Gasteiger partial charge >= 0.3 is 5.97 Å². The van der Waals surface area contributed by atoms with E-state index in [0.29, 0.717) is 19.4 Å². The van der Waals surface area contributed by atoms with Gasteiger partial charge in [-0.2, -0.15) is 0 Å². The highest BCUT2D eigenvalue weighted by atomic mass is 16.7. The van der Waals surface area contributed by atoms with Crippen LogP contribution in [0.15, 0.2) is 97.2 Å². The summed E-state index contributed by atoms with van der Waals surface area (Å²) in [6.07, 6.45) is 44.7. The van der Waals surface area contributed by atoms with Crippen LogP contribution in [-0.4, -0.2) is 142 Å². The number of hydrogen-bond donors (Lipinski definition) is 7. The second kappa shape index (κ2) is 46.0. The molecule has 2 saturated heterocycles. The van der Waals surface area contributed by atoms with Crippen molar-refractivity contribution in [1.82, 2.24) is 0 Å². The van der Waals surface area contributed by atoms with Crippen LogP contribution in [0.1, 0.15) is 174 Å². The number of ether oxygens (including phenoxy) is 6. The summed E-state index contributed by atoms with van der Waals surface area (Å²) in [5, 5.41) is 72.3. The van der Waals surface area contributed by atoms with Gasteiger partial charge in [0.2, 0.25) is 0 Å². The molecule has 2 aliphatic rings. The van der Waals surface area contributed by atoms with Gasteiger partial charge in [0.25, 0.3) is 0 Å². The summed E-state index contributed by atoms with van der Waals surface area (Å²) in [6, 6.07) is 0. The van der Waals surface area contributed by atoms with Crippen LogP contribution in [0, 0.1) is 0 Å². The zero-order valence-corrected chi connectivity index (χ0v) is 45.3. The van der Waals surface area contributed by atoms with Crippen LogP contribution < -0.4 is 0 Å². The minimum absolute atomic E-state index is 0.0282. The average molecular weight is 1050 g/mol. The van der Waals surface area contributed by atoms with Crippen molar-refractivity contribution in [2.24, 2.45) is 0 Å². The maximum absolute atomic E-state index is 13.0. The van der Waals surface area contributed by atoms with Crippen LogP contribution in [0.25, 0.3) is 0 Å². The molecule has 74 heavy (non-hydrogen) atoms. The average Bonchev–Trinajstić information content (AvgIpc) is 3.40. The third-order valence-corrected chi connectivity index (χ3v) is 12.8. The maximum Gasteiger partial charge on any atom is 0.306 e. The van der Waals surface area contributed by atoms with Crippen LogP contribution >= 0.6 is 0 Å². The Morgan fingerprint density at radius 3 is 1.39 bits per heavy atom. The molecule has 0 radical (unpaired) electrons. The topological polar surface area (TPSA) is 214 Å². The molecule has 0 bridgehead atoms. The minimum Gasteiger partial charge on any atom is -0.457 e. The van der Waals surface area contributed by atoms with Gasteiger partial charge in [-0.25, -0.2) is 0 Å². The van der Waals surface area contributed by atoms with E-state index in [0.717, 1.165) is 77.0 Å². The summed E-state index contributed by atoms with van der Waals surface area (Å²) < 4.78 is 34.3. The number of aliphatic hydroxyl groups is 7. The van der Waals surface area contributed by atoms with Crippen LogP contribution in [0.3, 0.4) is 0 Å². The van der Waals surface area contributed by atoms with E-state index in [1.54, 1.807) is 0 Å². The number of aliphatic hydroxyl groups excluding tert-OH is 7. The molecule has 14 nitrogen and oxygen atoms in total. The van der Waals surface area contributed by atoms with Crippen molar-refractivity contribution in [3.63, 3.8) is 0 Å². The van der Waals surface area contributed by atoms with E-state index in [1.807, 2.05) is 6.08 Å². The summed E-state index contributed by atoms with van der Waals surface area (Å²) in [6.45, 7) is 3.47. The lowest BCUT2D eigenvalue weighted by atomic mass is 9.98. The molecule has 7 N–H and O–H groups in total. The molecule has 0 aliphatic carbocycles. The fourth-order valence-electron chi connectivity index (χ4n) is 8.27. The van der Waals surface area contributed by atoms with Crippen molar-refractivity contribution < 1.29 is 69.0 Å². The van der Waals surface area contributed by atoms with Gasteiger partial charge in [-0.1, -0.05) is 175 Å². The van der Waals surface area contributed by atoms with E-state index in [9.17, 15) is 40.5 Å². The Labute approximate surface area is 445 Å². The zero-order valence-electron chi connectivity index (χ0n) is 45.3. The molecule has 424 valence electrons. The highest BCUT2D eigenvalue weighted by Gasteiger charge is 2.47. The number of unbranched alkanes of at least 4 members (excludes halogenated alkanes) is 14. The van der Waals surface area contributed by atoms with Crippen LogP contribution in [0.2, 0.25) is 0 Å². The van der Waals surface area contributed by atoms with Gasteiger partial charge in [-0.05, 0) is 89.9 Å². The standard InChI is InChI=1S/C60H100O14/c1-3-5-7-9-11-13-15-17-19-21-22-23-24-25-26-27-29-31-33-35-37-39-41-43-52(62)72-49(46-69-44-42-40-38-36-34-32-30-28-20-18-16-14-12-10-8-6-4-2)47-70-59-58(68)56(66)54(64)51(74-59)48-71-60-57(67)55(65)53(63)50(45-61)73-60/h5,7,11,13,17,19-20,22-23,25-26,28-29,31,35,37,49-51,53-61,63-68H,3-4,6,8-10,12,14-16,18,21,24,27,30,32-34,36,38-48H2,1-2H3/b7-5-,13-11-,19-17-,23-22-,26-25-,28-20-,31-29-,37-35-. The second-order valence-electron chi connectivity index (χ2n) is 19.4. The Balaban J connectivity index is 1.77. The van der Waals surface area contributed by atoms with Gasteiger partial charge in [-0.15, -0.1) is 0 Å². The van der Waals surface area contributed by atoms with E-state index in [1.165, 1.54) is 64.2 Å². The van der Waals surface area contributed by atoms with Crippen LogP contribution in [0.5, 0.6) is 0 Å². The molecular formula is C60H100O14. The van der Waals surface area contributed by atoms with Crippen molar-refractivity contribution in [2.75, 3.05) is 33.0 Å². The molecule has 2 heterocycles. The minimum atomic E-state index is -1.72. The molecule has 0 aromatic heterocycles. The molecule has 0 saturated carbocycles. The lowest BCUT2D eigenvalue weighted by Crippen LogP contribution is -2.61. The van der Waals surface area contributed by atoms with Crippen molar-refractivity contribution in [3.8, 4) is 0 Å². The van der Waals surface area contributed by atoms with Gasteiger partial charge in [-0.3, -0.25) is 4.79 Å². The number of carbonyl (C=O) groups excluding carboxylic acids is 1. The quantitative estimate of drug-likeness (QED) is 0.0172. The molecule has 11 unspecified atom stereocenters. The Kier molecular flexibility index (Phi) is 41.7. The summed E-state index contributed by atoms with van der Waals surface area (Å²) in [5.74, 6) is -0.438. The highest BCUT2D eigenvalue weighted by Crippen LogP contribution is 2.26. The lowest BCUT2D eigenvalue weighted by Gasteiger charge is -2.42. The molecule has 11 atom stereocenters. The molecule has 0 amide bonds. The number of rotatable bonds is 44. The third-order valence-electron chi connectivity index (χ3n) is 12.8. The van der Waals surface area contributed by atoms with Crippen molar-refractivity contribution >= 4 is 5.97 Å². The summed E-state index contributed by atoms with van der Waals surface area (Å²) in [7, 11) is 0. The molecule has 0 aromatic carbocycles. The first-order chi connectivity index (χ1) is 36.1. The summed E-state index contributed by atoms with van der Waals surface area (Å²) in [5.41, 5.74) is 0. The smallest absolute Gasteiger partial charge is 0.306 e. The summed E-state index contributed by atoms with van der Waals surface area (Å²) >= 11 is 0. The van der Waals surface area contributed by atoms with E-state index in [4.69, 9.17) is 28.4 Å². The van der Waals surface area contributed by atoms with Gasteiger partial charge in [0.05, 0.1) is 26.4 Å². The molecule has 2 fully saturated rings. The first kappa shape index (κ1) is 67.0. The third kappa shape index (κ3) is 32.5. The normalized spacial score (nSPS) is 25.5. The molecular weight excluding hydrogens is 945 g/mol. The predicted octanol–water partition coefficient (Wildman–Crippen LogP) is 9.80. The molecule has 2 aliphatic heterocycles. The first-order valence-electron chi connectivity index (χ1n) is 28.3. The Bertz CT molecular complexity index is 1590. The predicted molar refractivity (Wildman–Crippen MR) is 293 cm³/mol. The highest BCUT2D eigenvalue weighted by molar-refractivity contribution is 5.69. The Morgan fingerprint density at radius 1 is 0.459 bits per heavy atom. The number of allylic oxidation sites excluding steroid dienone is 16. The summed E-state index contributed by atoms with van der Waals surface area (Å²) in [4.78, 5) is 13.0. The molecule has 0 spiro atoms. The Morgan fingerprint density at radius 2 is 0.878 bits per heavy atom. The van der Waals surface area contributed by atoms with Gasteiger partial charge in [0.1, 0.15) is 54.9 Å². The number of esters is 1. The van der Waals surface area contributed by atoms with Crippen LogP contribution in [-0.2, 0) is 33.2 Å². The van der Waals surface area contributed by atoms with Crippen molar-refractivity contribution in [2.45, 2.75) is 242 Å². The van der Waals surface area contributed by atoms with Crippen molar-refractivity contribution in [3.05, 3.63) is 97.2 Å². The fraction of sp³-hybridized carbons (Fsp3) is 0.717. The van der Waals surface area contributed by atoms with Crippen LogP contribution in [0.4, 0.5) is 0 Å². The maximum atomic E-state index is 13.0. The van der Waals surface area contributed by atoms with Gasteiger partial charge in [0.15, 0.2) is 12.6 Å². The fourth-order valence-corrected chi connectivity index (χ4v) is 8.27. The molecule has 14 heteroatoms. The lowest BCUT2D eigenvalue weighted by molar-refractivity contribution is -0.332. The van der Waals surface area contributed by atoms with E-state index >= 15 is 0 Å². The second-order valence-corrected chi connectivity index (χ2v) is 19.4. The first-order valence-corrected chi connectivity index (χ1v) is 28.3. The largest absolute Gasteiger partial charge is 0.457 e.